The normalized spacial score (nSPS) is 17.1. The lowest BCUT2D eigenvalue weighted by Crippen LogP contribution is -2.19. The summed E-state index contributed by atoms with van der Waals surface area (Å²) in [6.07, 6.45) is 8.41. The van der Waals surface area contributed by atoms with E-state index in [0.717, 1.165) is 37.6 Å². The van der Waals surface area contributed by atoms with Gasteiger partial charge in [-0.1, -0.05) is 0 Å². The highest BCUT2D eigenvalue weighted by atomic mass is 16.1. The first-order valence-electron chi connectivity index (χ1n) is 9.16. The summed E-state index contributed by atoms with van der Waals surface area (Å²) in [6, 6.07) is 10.1. The third-order valence-electron chi connectivity index (χ3n) is 5.05. The molecule has 0 bridgehead atoms. The number of amides is 1. The molecule has 0 spiro atoms. The highest BCUT2D eigenvalue weighted by Gasteiger charge is 2.15. The molecule has 2 aliphatic heterocycles. The number of rotatable bonds is 4. The third kappa shape index (κ3) is 3.60. The molecule has 0 saturated carbocycles. The minimum Gasteiger partial charge on any atom is -0.372 e. The van der Waals surface area contributed by atoms with E-state index in [-0.39, 0.29) is 5.91 Å². The number of hydrogen-bond acceptors (Lipinski definition) is 4. The van der Waals surface area contributed by atoms with Gasteiger partial charge in [-0.15, -0.1) is 0 Å². The molecule has 0 aliphatic carbocycles. The van der Waals surface area contributed by atoms with E-state index in [4.69, 9.17) is 0 Å². The summed E-state index contributed by atoms with van der Waals surface area (Å²) < 4.78 is 0. The molecule has 5 heteroatoms. The standard InChI is InChI=1S/C20H24N4O/c25-20(16-13-19(15-21-14-16)24-11-3-4-12-24)22-17-5-7-18(8-6-17)23-9-1-2-10-23/h5-8,13-15H,1-4,9-12H2,(H,22,25). The van der Waals surface area contributed by atoms with Gasteiger partial charge >= 0.3 is 0 Å². The Morgan fingerprint density at radius 3 is 2.08 bits per heavy atom. The van der Waals surface area contributed by atoms with Gasteiger partial charge in [0.05, 0.1) is 17.4 Å². The fourth-order valence-corrected chi connectivity index (χ4v) is 3.63. The quantitative estimate of drug-likeness (QED) is 0.928. The van der Waals surface area contributed by atoms with E-state index in [2.05, 4.69) is 32.2 Å². The van der Waals surface area contributed by atoms with Crippen LogP contribution in [0.25, 0.3) is 0 Å². The van der Waals surface area contributed by atoms with Gasteiger partial charge in [-0.3, -0.25) is 9.78 Å². The number of pyridine rings is 1. The number of nitrogens with one attached hydrogen (secondary N) is 1. The Morgan fingerprint density at radius 2 is 1.44 bits per heavy atom. The van der Waals surface area contributed by atoms with Crippen LogP contribution in [-0.4, -0.2) is 37.1 Å². The van der Waals surface area contributed by atoms with Crippen molar-refractivity contribution in [3.63, 3.8) is 0 Å². The Hall–Kier alpha value is -2.56. The fraction of sp³-hybridized carbons (Fsp3) is 0.400. The zero-order valence-corrected chi connectivity index (χ0v) is 14.4. The summed E-state index contributed by atoms with van der Waals surface area (Å²) in [5.41, 5.74) is 3.69. The van der Waals surface area contributed by atoms with Crippen LogP contribution in [0, 0.1) is 0 Å². The lowest BCUT2D eigenvalue weighted by Gasteiger charge is -2.18. The molecule has 2 aliphatic rings. The van der Waals surface area contributed by atoms with Gasteiger partial charge < -0.3 is 15.1 Å². The van der Waals surface area contributed by atoms with Gasteiger partial charge in [0.2, 0.25) is 0 Å². The van der Waals surface area contributed by atoms with Gasteiger partial charge in [0.1, 0.15) is 0 Å². The van der Waals surface area contributed by atoms with Gasteiger partial charge in [0.15, 0.2) is 0 Å². The van der Waals surface area contributed by atoms with Crippen molar-refractivity contribution in [2.75, 3.05) is 41.3 Å². The average molecular weight is 336 g/mol. The molecular weight excluding hydrogens is 312 g/mol. The van der Waals surface area contributed by atoms with E-state index in [1.54, 1.807) is 6.20 Å². The Labute approximate surface area is 148 Å². The van der Waals surface area contributed by atoms with E-state index in [1.165, 1.54) is 31.4 Å². The minimum atomic E-state index is -0.109. The molecule has 2 saturated heterocycles. The molecule has 1 aromatic heterocycles. The van der Waals surface area contributed by atoms with Gasteiger partial charge in [-0.2, -0.15) is 0 Å². The van der Waals surface area contributed by atoms with Crippen molar-refractivity contribution in [1.29, 1.82) is 0 Å². The number of hydrogen-bond donors (Lipinski definition) is 1. The van der Waals surface area contributed by atoms with Crippen LogP contribution in [0.15, 0.2) is 42.7 Å². The summed E-state index contributed by atoms with van der Waals surface area (Å²) in [6.45, 7) is 4.34. The second kappa shape index (κ2) is 7.13. The van der Waals surface area contributed by atoms with E-state index >= 15 is 0 Å². The number of carbonyl (C=O) groups excluding carboxylic acids is 1. The lowest BCUT2D eigenvalue weighted by atomic mass is 10.2. The third-order valence-corrected chi connectivity index (χ3v) is 5.05. The molecule has 4 rings (SSSR count). The molecule has 1 aromatic carbocycles. The lowest BCUT2D eigenvalue weighted by molar-refractivity contribution is 0.102. The highest BCUT2D eigenvalue weighted by molar-refractivity contribution is 6.04. The summed E-state index contributed by atoms with van der Waals surface area (Å²) in [5, 5.41) is 2.98. The molecule has 2 fully saturated rings. The van der Waals surface area contributed by atoms with Crippen LogP contribution in [0.3, 0.4) is 0 Å². The fourth-order valence-electron chi connectivity index (χ4n) is 3.63. The molecule has 5 nitrogen and oxygen atoms in total. The van der Waals surface area contributed by atoms with Crippen molar-refractivity contribution < 1.29 is 4.79 Å². The van der Waals surface area contributed by atoms with Crippen molar-refractivity contribution in [3.8, 4) is 0 Å². The van der Waals surface area contributed by atoms with Crippen molar-refractivity contribution >= 4 is 23.0 Å². The van der Waals surface area contributed by atoms with Crippen LogP contribution in [-0.2, 0) is 0 Å². The summed E-state index contributed by atoms with van der Waals surface area (Å²) in [5.74, 6) is -0.109. The number of carbonyl (C=O) groups is 1. The van der Waals surface area contributed by atoms with Crippen molar-refractivity contribution in [1.82, 2.24) is 4.98 Å². The second-order valence-electron chi connectivity index (χ2n) is 6.82. The first-order chi connectivity index (χ1) is 12.3. The summed E-state index contributed by atoms with van der Waals surface area (Å²) >= 11 is 0. The van der Waals surface area contributed by atoms with Gasteiger partial charge in [-0.25, -0.2) is 0 Å². The Balaban J connectivity index is 1.43. The maximum atomic E-state index is 12.5. The van der Waals surface area contributed by atoms with Crippen molar-refractivity contribution in [2.24, 2.45) is 0 Å². The maximum Gasteiger partial charge on any atom is 0.257 e. The van der Waals surface area contributed by atoms with E-state index < -0.39 is 0 Å². The monoisotopic (exact) mass is 336 g/mol. The predicted octanol–water partition coefficient (Wildman–Crippen LogP) is 3.53. The highest BCUT2D eigenvalue weighted by Crippen LogP contribution is 2.23. The average Bonchev–Trinajstić information content (AvgIpc) is 3.36. The van der Waals surface area contributed by atoms with E-state index in [9.17, 15) is 4.79 Å². The van der Waals surface area contributed by atoms with Crippen LogP contribution < -0.4 is 15.1 Å². The van der Waals surface area contributed by atoms with Gasteiger partial charge in [-0.05, 0) is 56.0 Å². The molecule has 2 aromatic rings. The van der Waals surface area contributed by atoms with Crippen LogP contribution in [0.4, 0.5) is 17.1 Å². The number of benzene rings is 1. The predicted molar refractivity (Wildman–Crippen MR) is 102 cm³/mol. The SMILES string of the molecule is O=C(Nc1ccc(N2CCCC2)cc1)c1cncc(N2CCCC2)c1. The second-order valence-corrected chi connectivity index (χ2v) is 6.82. The van der Waals surface area contributed by atoms with Crippen LogP contribution in [0.5, 0.6) is 0 Å². The van der Waals surface area contributed by atoms with Gasteiger partial charge in [0, 0.05) is 43.8 Å². The zero-order valence-electron chi connectivity index (χ0n) is 14.4. The molecule has 3 heterocycles. The topological polar surface area (TPSA) is 48.5 Å². The smallest absolute Gasteiger partial charge is 0.257 e. The maximum absolute atomic E-state index is 12.5. The number of nitrogens with zero attached hydrogens (tertiary/aromatic N) is 3. The number of anilines is 3. The molecule has 0 unspecified atom stereocenters. The summed E-state index contributed by atoms with van der Waals surface area (Å²) in [4.78, 5) is 21.5. The Morgan fingerprint density at radius 1 is 0.840 bits per heavy atom. The van der Waals surface area contributed by atoms with Crippen LogP contribution in [0.2, 0.25) is 0 Å². The molecule has 1 N–H and O–H groups in total. The Kier molecular flexibility index (Phi) is 4.55. The molecule has 0 radical (unpaired) electrons. The minimum absolute atomic E-state index is 0.109. The first kappa shape index (κ1) is 15.9. The molecular formula is C20H24N4O. The summed E-state index contributed by atoms with van der Waals surface area (Å²) in [7, 11) is 0. The first-order valence-corrected chi connectivity index (χ1v) is 9.16. The molecule has 130 valence electrons. The van der Waals surface area contributed by atoms with E-state index in [0.29, 0.717) is 5.56 Å². The number of aromatic nitrogens is 1. The van der Waals surface area contributed by atoms with Crippen LogP contribution in [0.1, 0.15) is 36.0 Å². The van der Waals surface area contributed by atoms with Gasteiger partial charge in [0.25, 0.3) is 5.91 Å². The molecule has 1 amide bonds. The van der Waals surface area contributed by atoms with Crippen molar-refractivity contribution in [3.05, 3.63) is 48.3 Å². The molecule has 0 atom stereocenters. The zero-order chi connectivity index (χ0) is 17.1. The van der Waals surface area contributed by atoms with Crippen molar-refractivity contribution in [2.45, 2.75) is 25.7 Å². The largest absolute Gasteiger partial charge is 0.372 e. The van der Waals surface area contributed by atoms with E-state index in [1.807, 2.05) is 24.4 Å². The molecule has 25 heavy (non-hydrogen) atoms. The van der Waals surface area contributed by atoms with Crippen LogP contribution >= 0.6 is 0 Å². The Bertz CT molecular complexity index is 732.